The summed E-state index contributed by atoms with van der Waals surface area (Å²) < 4.78 is 11.5. The monoisotopic (exact) mass is 311 g/mol. The van der Waals surface area contributed by atoms with Crippen LogP contribution in [-0.2, 0) is 6.54 Å². The van der Waals surface area contributed by atoms with E-state index in [-0.39, 0.29) is 6.10 Å². The molecule has 1 aromatic carbocycles. The molecule has 23 heavy (non-hydrogen) atoms. The van der Waals surface area contributed by atoms with Gasteiger partial charge in [-0.05, 0) is 31.0 Å². The molecule has 120 valence electrons. The van der Waals surface area contributed by atoms with Crippen molar-refractivity contribution >= 4 is 10.9 Å². The Balaban J connectivity index is 1.35. The lowest BCUT2D eigenvalue weighted by atomic mass is 10.1. The van der Waals surface area contributed by atoms with Gasteiger partial charge in [0.05, 0.1) is 5.69 Å². The van der Waals surface area contributed by atoms with Gasteiger partial charge < -0.3 is 14.1 Å². The summed E-state index contributed by atoms with van der Waals surface area (Å²) in [5.41, 5.74) is 2.14. The van der Waals surface area contributed by atoms with Crippen molar-refractivity contribution in [1.29, 1.82) is 0 Å². The Morgan fingerprint density at radius 3 is 2.96 bits per heavy atom. The first-order valence-corrected chi connectivity index (χ1v) is 8.14. The summed E-state index contributed by atoms with van der Waals surface area (Å²) in [5.74, 6) is 1.71. The number of ether oxygens (including phenoxy) is 1. The number of aromatic amines is 1. The zero-order chi connectivity index (χ0) is 15.6. The molecule has 0 amide bonds. The third-order valence-corrected chi connectivity index (χ3v) is 4.44. The number of fused-ring (bicyclic) bond motifs is 1. The van der Waals surface area contributed by atoms with E-state index in [2.05, 4.69) is 33.1 Å². The molecule has 0 spiro atoms. The average molecular weight is 311 g/mol. The largest absolute Gasteiger partial charge is 0.490 e. The Morgan fingerprint density at radius 1 is 1.30 bits per heavy atom. The van der Waals surface area contributed by atoms with E-state index in [0.29, 0.717) is 0 Å². The molecule has 1 aliphatic rings. The van der Waals surface area contributed by atoms with Gasteiger partial charge in [-0.2, -0.15) is 0 Å². The second kappa shape index (κ2) is 6.08. The van der Waals surface area contributed by atoms with Crippen LogP contribution in [-0.4, -0.2) is 34.1 Å². The third kappa shape index (κ3) is 3.10. The normalized spacial score (nSPS) is 16.9. The maximum atomic E-state index is 6.25. The van der Waals surface area contributed by atoms with Gasteiger partial charge in [-0.15, -0.1) is 0 Å². The van der Waals surface area contributed by atoms with E-state index < -0.39 is 0 Å². The number of benzene rings is 1. The van der Waals surface area contributed by atoms with Crippen LogP contribution in [0.15, 0.2) is 41.1 Å². The number of hydrogen-bond donors (Lipinski definition) is 1. The molecule has 0 radical (unpaired) electrons. The molecule has 1 N–H and O–H groups in total. The topological polar surface area (TPSA) is 54.3 Å². The number of likely N-dealkylation sites (tertiary alicyclic amines) is 1. The average Bonchev–Trinajstić information content (AvgIpc) is 3.19. The fourth-order valence-electron chi connectivity index (χ4n) is 3.23. The Hall–Kier alpha value is -2.27. The maximum Gasteiger partial charge on any atom is 0.191 e. The molecule has 1 saturated heterocycles. The lowest BCUT2D eigenvalue weighted by Crippen LogP contribution is -2.37. The van der Waals surface area contributed by atoms with Gasteiger partial charge in [-0.25, -0.2) is 4.98 Å². The van der Waals surface area contributed by atoms with Gasteiger partial charge in [0.15, 0.2) is 5.89 Å². The van der Waals surface area contributed by atoms with Crippen molar-refractivity contribution in [3.63, 3.8) is 0 Å². The molecule has 0 unspecified atom stereocenters. The number of aryl methyl sites for hydroxylation is 1. The summed E-state index contributed by atoms with van der Waals surface area (Å²) in [6, 6.07) is 8.24. The molecule has 5 heteroatoms. The molecule has 2 aromatic heterocycles. The van der Waals surface area contributed by atoms with E-state index in [4.69, 9.17) is 9.15 Å². The summed E-state index contributed by atoms with van der Waals surface area (Å²) in [6.07, 6.45) is 6.07. The quantitative estimate of drug-likeness (QED) is 0.801. The van der Waals surface area contributed by atoms with Gasteiger partial charge in [0, 0.05) is 43.7 Å². The van der Waals surface area contributed by atoms with Gasteiger partial charge in [-0.1, -0.05) is 6.07 Å². The number of aromatic nitrogens is 2. The van der Waals surface area contributed by atoms with Crippen molar-refractivity contribution in [1.82, 2.24) is 14.9 Å². The highest BCUT2D eigenvalue weighted by atomic mass is 16.5. The Bertz CT molecular complexity index is 784. The van der Waals surface area contributed by atoms with Crippen LogP contribution in [0.1, 0.15) is 24.4 Å². The van der Waals surface area contributed by atoms with Crippen LogP contribution in [0, 0.1) is 6.92 Å². The Labute approximate surface area is 135 Å². The molecule has 5 nitrogen and oxygen atoms in total. The summed E-state index contributed by atoms with van der Waals surface area (Å²) in [6.45, 7) is 4.79. The minimum Gasteiger partial charge on any atom is -0.490 e. The van der Waals surface area contributed by atoms with E-state index in [9.17, 15) is 0 Å². The van der Waals surface area contributed by atoms with E-state index in [1.807, 2.05) is 19.2 Å². The fraction of sp³-hybridized carbons (Fsp3) is 0.389. The molecule has 3 heterocycles. The standard InChI is InChI=1S/C18H21N3O2/c1-13-20-14(12-22-13)11-21-9-6-15(7-10-21)23-18-4-2-3-17-16(18)5-8-19-17/h2-5,8,12,15,19H,6-7,9-11H2,1H3. The lowest BCUT2D eigenvalue weighted by Gasteiger charge is -2.31. The lowest BCUT2D eigenvalue weighted by molar-refractivity contribution is 0.0973. The first kappa shape index (κ1) is 14.3. The van der Waals surface area contributed by atoms with Crippen molar-refractivity contribution in [3.8, 4) is 5.75 Å². The van der Waals surface area contributed by atoms with E-state index in [1.54, 1.807) is 6.26 Å². The Kier molecular flexibility index (Phi) is 3.79. The highest BCUT2D eigenvalue weighted by Gasteiger charge is 2.22. The van der Waals surface area contributed by atoms with Crippen molar-refractivity contribution < 1.29 is 9.15 Å². The molecule has 0 aliphatic carbocycles. The van der Waals surface area contributed by atoms with Crippen LogP contribution in [0.4, 0.5) is 0 Å². The van der Waals surface area contributed by atoms with Crippen LogP contribution in [0.5, 0.6) is 5.75 Å². The summed E-state index contributed by atoms with van der Waals surface area (Å²) in [4.78, 5) is 10.0. The molecule has 1 aliphatic heterocycles. The van der Waals surface area contributed by atoms with Gasteiger partial charge in [0.2, 0.25) is 0 Å². The number of nitrogens with zero attached hydrogens (tertiary/aromatic N) is 2. The van der Waals surface area contributed by atoms with E-state index >= 15 is 0 Å². The van der Waals surface area contributed by atoms with Crippen LogP contribution in [0.3, 0.4) is 0 Å². The van der Waals surface area contributed by atoms with Crippen LogP contribution >= 0.6 is 0 Å². The highest BCUT2D eigenvalue weighted by Crippen LogP contribution is 2.27. The first-order valence-electron chi connectivity index (χ1n) is 8.14. The molecule has 0 bridgehead atoms. The zero-order valence-corrected chi connectivity index (χ0v) is 13.3. The number of oxazole rings is 1. The minimum atomic E-state index is 0.283. The van der Waals surface area contributed by atoms with Crippen molar-refractivity contribution in [2.45, 2.75) is 32.4 Å². The van der Waals surface area contributed by atoms with E-state index in [0.717, 1.165) is 60.7 Å². The maximum absolute atomic E-state index is 6.25. The van der Waals surface area contributed by atoms with Crippen molar-refractivity contribution in [2.75, 3.05) is 13.1 Å². The molecule has 0 saturated carbocycles. The van der Waals surface area contributed by atoms with Gasteiger partial charge in [-0.3, -0.25) is 4.90 Å². The zero-order valence-electron chi connectivity index (χ0n) is 13.3. The summed E-state index contributed by atoms with van der Waals surface area (Å²) >= 11 is 0. The Morgan fingerprint density at radius 2 is 2.17 bits per heavy atom. The molecule has 0 atom stereocenters. The minimum absolute atomic E-state index is 0.283. The van der Waals surface area contributed by atoms with Crippen molar-refractivity contribution in [2.24, 2.45) is 0 Å². The molecule has 3 aromatic rings. The smallest absolute Gasteiger partial charge is 0.191 e. The van der Waals surface area contributed by atoms with Crippen LogP contribution < -0.4 is 4.74 Å². The second-order valence-corrected chi connectivity index (χ2v) is 6.15. The van der Waals surface area contributed by atoms with Crippen LogP contribution in [0.25, 0.3) is 10.9 Å². The predicted octanol–water partition coefficient (Wildman–Crippen LogP) is 3.51. The number of hydrogen-bond acceptors (Lipinski definition) is 4. The number of H-pyrrole nitrogens is 1. The number of nitrogens with one attached hydrogen (secondary N) is 1. The molecule has 4 rings (SSSR count). The second-order valence-electron chi connectivity index (χ2n) is 6.15. The number of piperidine rings is 1. The first-order chi connectivity index (χ1) is 11.3. The van der Waals surface area contributed by atoms with Gasteiger partial charge in [0.25, 0.3) is 0 Å². The van der Waals surface area contributed by atoms with Gasteiger partial charge in [0.1, 0.15) is 18.1 Å². The van der Waals surface area contributed by atoms with E-state index in [1.165, 1.54) is 0 Å². The van der Waals surface area contributed by atoms with Crippen LogP contribution in [0.2, 0.25) is 0 Å². The third-order valence-electron chi connectivity index (χ3n) is 4.44. The number of rotatable bonds is 4. The highest BCUT2D eigenvalue weighted by molar-refractivity contribution is 5.85. The molecular weight excluding hydrogens is 290 g/mol. The summed E-state index contributed by atoms with van der Waals surface area (Å²) in [5, 5.41) is 1.16. The SMILES string of the molecule is Cc1nc(CN2CCC(Oc3cccc4[nH]ccc34)CC2)co1. The van der Waals surface area contributed by atoms with Gasteiger partial charge >= 0.3 is 0 Å². The van der Waals surface area contributed by atoms with Crippen molar-refractivity contribution in [3.05, 3.63) is 48.3 Å². The summed E-state index contributed by atoms with van der Waals surface area (Å²) in [7, 11) is 0. The molecular formula is C18H21N3O2. The predicted molar refractivity (Wildman–Crippen MR) is 88.5 cm³/mol. The fourth-order valence-corrected chi connectivity index (χ4v) is 3.23. The molecule has 1 fully saturated rings.